The van der Waals surface area contributed by atoms with Crippen LogP contribution in [0.1, 0.15) is 32.7 Å². The topological polar surface area (TPSA) is 57.6 Å². The summed E-state index contributed by atoms with van der Waals surface area (Å²) >= 11 is 5.81. The zero-order chi connectivity index (χ0) is 17.1. The number of carbonyl (C=O) groups is 2. The molecule has 5 heteroatoms. The molecule has 0 aliphatic carbocycles. The van der Waals surface area contributed by atoms with E-state index in [4.69, 9.17) is 11.6 Å². The van der Waals surface area contributed by atoms with Crippen molar-refractivity contribution in [1.29, 1.82) is 0 Å². The zero-order valence-electron chi connectivity index (χ0n) is 13.1. The molecular weight excluding hydrogens is 326 g/mol. The van der Waals surface area contributed by atoms with Crippen molar-refractivity contribution in [1.82, 2.24) is 4.90 Å². The van der Waals surface area contributed by atoms with Gasteiger partial charge in [0.05, 0.1) is 29.2 Å². The maximum Gasteiger partial charge on any atom is 0.261 e. The smallest absolute Gasteiger partial charge is 0.261 e. The molecule has 0 spiro atoms. The fourth-order valence-electron chi connectivity index (χ4n) is 3.06. The molecule has 2 atom stereocenters. The van der Waals surface area contributed by atoms with Gasteiger partial charge in [-0.05, 0) is 30.5 Å². The molecule has 0 aromatic heterocycles. The van der Waals surface area contributed by atoms with Gasteiger partial charge in [0.25, 0.3) is 11.8 Å². The number of imide groups is 1. The van der Waals surface area contributed by atoms with Crippen molar-refractivity contribution in [3.05, 3.63) is 71.3 Å². The lowest BCUT2D eigenvalue weighted by Gasteiger charge is -2.29. The van der Waals surface area contributed by atoms with E-state index in [0.717, 1.165) is 5.56 Å². The number of benzene rings is 2. The molecular formula is C19H18ClNO3. The number of nitrogens with zero attached hydrogens (tertiary/aromatic N) is 1. The number of carbonyl (C=O) groups excluding carboxylic acids is 2. The lowest BCUT2D eigenvalue weighted by Crippen LogP contribution is -2.47. The lowest BCUT2D eigenvalue weighted by atomic mass is 10.0. The van der Waals surface area contributed by atoms with Gasteiger partial charge in [-0.15, -0.1) is 11.6 Å². The van der Waals surface area contributed by atoms with Crippen LogP contribution in [0.3, 0.4) is 0 Å². The number of hydrogen-bond donors (Lipinski definition) is 1. The fourth-order valence-corrected chi connectivity index (χ4v) is 3.27. The first-order valence-corrected chi connectivity index (χ1v) is 8.42. The summed E-state index contributed by atoms with van der Waals surface area (Å²) < 4.78 is 0. The second kappa shape index (κ2) is 7.16. The fraction of sp³-hybridized carbons (Fsp3) is 0.263. The van der Waals surface area contributed by atoms with Gasteiger partial charge < -0.3 is 5.11 Å². The Labute approximate surface area is 145 Å². The van der Waals surface area contributed by atoms with E-state index >= 15 is 0 Å². The highest BCUT2D eigenvalue weighted by molar-refractivity contribution is 6.22. The summed E-state index contributed by atoms with van der Waals surface area (Å²) in [5.41, 5.74) is 1.85. The number of aryl methyl sites for hydroxylation is 1. The molecule has 2 amide bonds. The average Bonchev–Trinajstić information content (AvgIpc) is 2.88. The third-order valence-corrected chi connectivity index (χ3v) is 4.65. The maximum absolute atomic E-state index is 12.6. The lowest BCUT2D eigenvalue weighted by molar-refractivity contribution is 0.0370. The molecule has 0 radical (unpaired) electrons. The maximum atomic E-state index is 12.6. The molecule has 1 N–H and O–H groups in total. The SMILES string of the molecule is O=C1c2ccccc2C(=O)N1C(CCc1ccccc1)C(O)CCl. The summed E-state index contributed by atoms with van der Waals surface area (Å²) in [5.74, 6) is -0.761. The Morgan fingerprint density at radius 2 is 1.46 bits per heavy atom. The first-order valence-electron chi connectivity index (χ1n) is 7.88. The third-order valence-electron chi connectivity index (χ3n) is 4.33. The van der Waals surface area contributed by atoms with Crippen molar-refractivity contribution in [3.8, 4) is 0 Å². The van der Waals surface area contributed by atoms with Crippen LogP contribution in [0, 0.1) is 0 Å². The Kier molecular flexibility index (Phi) is 4.97. The second-order valence-corrected chi connectivity index (χ2v) is 6.15. The van der Waals surface area contributed by atoms with E-state index in [1.54, 1.807) is 24.3 Å². The normalized spacial score (nSPS) is 16.2. The van der Waals surface area contributed by atoms with Gasteiger partial charge in [0.1, 0.15) is 0 Å². The molecule has 1 aliphatic rings. The Morgan fingerprint density at radius 1 is 0.917 bits per heavy atom. The van der Waals surface area contributed by atoms with E-state index in [1.807, 2.05) is 30.3 Å². The highest BCUT2D eigenvalue weighted by Gasteiger charge is 2.41. The molecule has 0 bridgehead atoms. The summed E-state index contributed by atoms with van der Waals surface area (Å²) in [6.45, 7) is 0. The second-order valence-electron chi connectivity index (χ2n) is 5.84. The number of fused-ring (bicyclic) bond motifs is 1. The predicted molar refractivity (Wildman–Crippen MR) is 92.2 cm³/mol. The largest absolute Gasteiger partial charge is 0.390 e. The quantitative estimate of drug-likeness (QED) is 0.648. The molecule has 4 nitrogen and oxygen atoms in total. The van der Waals surface area contributed by atoms with Gasteiger partial charge in [0.2, 0.25) is 0 Å². The highest BCUT2D eigenvalue weighted by Crippen LogP contribution is 2.27. The molecule has 2 aromatic carbocycles. The van der Waals surface area contributed by atoms with Gasteiger partial charge in [-0.1, -0.05) is 42.5 Å². The first-order chi connectivity index (χ1) is 11.6. The minimum Gasteiger partial charge on any atom is -0.390 e. The number of aliphatic hydroxyl groups excluding tert-OH is 1. The van der Waals surface area contributed by atoms with Crippen molar-refractivity contribution < 1.29 is 14.7 Å². The molecule has 3 rings (SSSR count). The summed E-state index contributed by atoms with van der Waals surface area (Å²) in [6.07, 6.45) is 0.147. The van der Waals surface area contributed by atoms with Crippen molar-refractivity contribution in [2.24, 2.45) is 0 Å². The van der Waals surface area contributed by atoms with Crippen molar-refractivity contribution >= 4 is 23.4 Å². The van der Waals surface area contributed by atoms with Gasteiger partial charge in [0.15, 0.2) is 0 Å². The van der Waals surface area contributed by atoms with E-state index in [2.05, 4.69) is 0 Å². The van der Waals surface area contributed by atoms with Crippen LogP contribution in [0.4, 0.5) is 0 Å². The van der Waals surface area contributed by atoms with Crippen molar-refractivity contribution in [2.75, 3.05) is 5.88 Å². The molecule has 0 saturated heterocycles. The minimum atomic E-state index is -0.961. The van der Waals surface area contributed by atoms with E-state index in [9.17, 15) is 14.7 Å². The Bertz CT molecular complexity index is 712. The molecule has 0 saturated carbocycles. The zero-order valence-corrected chi connectivity index (χ0v) is 13.8. The molecule has 0 fully saturated rings. The molecule has 2 aromatic rings. The summed E-state index contributed by atoms with van der Waals surface area (Å²) in [5, 5.41) is 10.3. The summed E-state index contributed by atoms with van der Waals surface area (Å²) in [7, 11) is 0. The monoisotopic (exact) mass is 343 g/mol. The standard InChI is InChI=1S/C19H18ClNO3/c20-12-17(22)16(11-10-13-6-2-1-3-7-13)21-18(23)14-8-4-5-9-15(14)19(21)24/h1-9,16-17,22H,10-12H2. The highest BCUT2D eigenvalue weighted by atomic mass is 35.5. The molecule has 24 heavy (non-hydrogen) atoms. The van der Waals surface area contributed by atoms with Crippen LogP contribution >= 0.6 is 11.6 Å². The molecule has 2 unspecified atom stereocenters. The summed E-state index contributed by atoms with van der Waals surface area (Å²) in [6, 6.07) is 15.8. The first kappa shape index (κ1) is 16.7. The van der Waals surface area contributed by atoms with Gasteiger partial charge in [-0.2, -0.15) is 0 Å². The van der Waals surface area contributed by atoms with Gasteiger partial charge >= 0.3 is 0 Å². The van der Waals surface area contributed by atoms with Crippen molar-refractivity contribution in [3.63, 3.8) is 0 Å². The van der Waals surface area contributed by atoms with Crippen LogP contribution in [0.5, 0.6) is 0 Å². The van der Waals surface area contributed by atoms with Crippen LogP contribution in [0.25, 0.3) is 0 Å². The van der Waals surface area contributed by atoms with Gasteiger partial charge in [0, 0.05) is 0 Å². The number of halogens is 1. The van der Waals surface area contributed by atoms with Crippen LogP contribution in [0.15, 0.2) is 54.6 Å². The number of aliphatic hydroxyl groups is 1. The third kappa shape index (κ3) is 3.07. The number of alkyl halides is 1. The number of rotatable bonds is 6. The van der Waals surface area contributed by atoms with Crippen LogP contribution < -0.4 is 0 Å². The van der Waals surface area contributed by atoms with E-state index in [-0.39, 0.29) is 17.7 Å². The van der Waals surface area contributed by atoms with E-state index < -0.39 is 12.1 Å². The van der Waals surface area contributed by atoms with E-state index in [1.165, 1.54) is 4.90 Å². The summed E-state index contributed by atoms with van der Waals surface area (Å²) in [4.78, 5) is 26.4. The number of amides is 2. The van der Waals surface area contributed by atoms with Gasteiger partial charge in [-0.25, -0.2) is 0 Å². The van der Waals surface area contributed by atoms with Crippen LogP contribution in [0.2, 0.25) is 0 Å². The molecule has 1 heterocycles. The Hall–Kier alpha value is -2.17. The number of hydrogen-bond acceptors (Lipinski definition) is 3. The molecule has 124 valence electrons. The molecule has 1 aliphatic heterocycles. The van der Waals surface area contributed by atoms with Crippen molar-refractivity contribution in [2.45, 2.75) is 25.0 Å². The average molecular weight is 344 g/mol. The van der Waals surface area contributed by atoms with Crippen LogP contribution in [-0.2, 0) is 6.42 Å². The van der Waals surface area contributed by atoms with Crippen LogP contribution in [-0.4, -0.2) is 39.8 Å². The van der Waals surface area contributed by atoms with E-state index in [0.29, 0.717) is 24.0 Å². The Morgan fingerprint density at radius 3 is 2.00 bits per heavy atom. The predicted octanol–water partition coefficient (Wildman–Crippen LogP) is 2.88. The Balaban J connectivity index is 1.84. The minimum absolute atomic E-state index is 0.0349. The van der Waals surface area contributed by atoms with Gasteiger partial charge in [-0.3, -0.25) is 14.5 Å².